The first-order valence-electron chi connectivity index (χ1n) is 10.3. The van der Waals surface area contributed by atoms with Gasteiger partial charge in [-0.3, -0.25) is 4.79 Å². The van der Waals surface area contributed by atoms with Crippen LogP contribution in [0.2, 0.25) is 0 Å². The Balaban J connectivity index is 1.61. The smallest absolute Gasteiger partial charge is 0.246 e. The summed E-state index contributed by atoms with van der Waals surface area (Å²) in [6.07, 6.45) is 1.33. The molecule has 166 valence electrons. The number of anilines is 1. The summed E-state index contributed by atoms with van der Waals surface area (Å²) in [6, 6.07) is 6.64. The molecule has 1 amide bonds. The molecule has 2 aromatic rings. The van der Waals surface area contributed by atoms with Crippen molar-refractivity contribution in [3.8, 4) is 5.75 Å². The second-order valence-corrected chi connectivity index (χ2v) is 9.70. The van der Waals surface area contributed by atoms with E-state index in [0.717, 1.165) is 17.1 Å². The quantitative estimate of drug-likeness (QED) is 0.745. The summed E-state index contributed by atoms with van der Waals surface area (Å²) in [5, 5.41) is 3.14. The van der Waals surface area contributed by atoms with Crippen LogP contribution in [-0.4, -0.2) is 67.3 Å². The molecule has 0 unspecified atom stereocenters. The summed E-state index contributed by atoms with van der Waals surface area (Å²) < 4.78 is 33.2. The third kappa shape index (κ3) is 3.97. The van der Waals surface area contributed by atoms with E-state index in [1.807, 2.05) is 7.05 Å². The van der Waals surface area contributed by atoms with E-state index in [2.05, 4.69) is 5.32 Å². The molecule has 0 saturated carbocycles. The lowest BCUT2D eigenvalue weighted by Gasteiger charge is -2.29. The number of hydrogen-bond acceptors (Lipinski definition) is 7. The Morgan fingerprint density at radius 2 is 2.00 bits per heavy atom. The summed E-state index contributed by atoms with van der Waals surface area (Å²) in [6.45, 7) is 3.35. The third-order valence-electron chi connectivity index (χ3n) is 5.97. The number of amides is 1. The van der Waals surface area contributed by atoms with Gasteiger partial charge in [0, 0.05) is 45.1 Å². The van der Waals surface area contributed by atoms with Crippen LogP contribution in [0.25, 0.3) is 0 Å². The highest BCUT2D eigenvalue weighted by atomic mass is 32.2. The average molecular weight is 446 g/mol. The summed E-state index contributed by atoms with van der Waals surface area (Å²) in [7, 11) is -0.411. The third-order valence-corrected chi connectivity index (χ3v) is 7.87. The Morgan fingerprint density at radius 3 is 2.71 bits per heavy atom. The highest BCUT2D eigenvalue weighted by Gasteiger charge is 2.36. The SMILES string of the molecule is CNc1nc([C@@H]2CCN(S(=O)(=O)c3ccccc3OC)C2)nc2c1CCN(C(C)=O)C2. The normalized spacial score (nSPS) is 19.2. The maximum atomic E-state index is 13.2. The molecule has 0 spiro atoms. The van der Waals surface area contributed by atoms with Crippen LogP contribution in [0.1, 0.15) is 36.3 Å². The van der Waals surface area contributed by atoms with Gasteiger partial charge in [-0.2, -0.15) is 4.31 Å². The van der Waals surface area contributed by atoms with Crippen LogP contribution in [0.15, 0.2) is 29.2 Å². The number of nitrogens with one attached hydrogen (secondary N) is 1. The van der Waals surface area contributed by atoms with Gasteiger partial charge in [0.25, 0.3) is 0 Å². The molecule has 0 radical (unpaired) electrons. The maximum Gasteiger partial charge on any atom is 0.246 e. The summed E-state index contributed by atoms with van der Waals surface area (Å²) in [4.78, 5) is 23.2. The lowest BCUT2D eigenvalue weighted by atomic mass is 10.0. The van der Waals surface area contributed by atoms with Gasteiger partial charge in [0.2, 0.25) is 15.9 Å². The predicted molar refractivity (Wildman–Crippen MR) is 115 cm³/mol. The molecule has 10 heteroatoms. The van der Waals surface area contributed by atoms with Crippen LogP contribution in [0.5, 0.6) is 5.75 Å². The maximum absolute atomic E-state index is 13.2. The lowest BCUT2D eigenvalue weighted by Crippen LogP contribution is -2.35. The van der Waals surface area contributed by atoms with E-state index in [4.69, 9.17) is 14.7 Å². The van der Waals surface area contributed by atoms with Gasteiger partial charge in [-0.05, 0) is 25.0 Å². The van der Waals surface area contributed by atoms with Gasteiger partial charge in [0.15, 0.2) is 0 Å². The molecule has 1 aromatic heterocycles. The van der Waals surface area contributed by atoms with Gasteiger partial charge in [0.05, 0.1) is 19.3 Å². The van der Waals surface area contributed by atoms with Crippen LogP contribution in [-0.2, 0) is 27.8 Å². The van der Waals surface area contributed by atoms with Crippen molar-refractivity contribution in [2.75, 3.05) is 39.1 Å². The number of nitrogens with zero attached hydrogens (tertiary/aromatic N) is 4. The molecular formula is C21H27N5O4S. The van der Waals surface area contributed by atoms with Crippen LogP contribution in [0.4, 0.5) is 5.82 Å². The summed E-state index contributed by atoms with van der Waals surface area (Å²) in [5.41, 5.74) is 1.86. The average Bonchev–Trinajstić information content (AvgIpc) is 3.29. The fourth-order valence-corrected chi connectivity index (χ4v) is 5.89. The van der Waals surface area contributed by atoms with Crippen molar-refractivity contribution in [3.05, 3.63) is 41.3 Å². The van der Waals surface area contributed by atoms with Gasteiger partial charge in [0.1, 0.15) is 22.3 Å². The zero-order chi connectivity index (χ0) is 22.2. The van der Waals surface area contributed by atoms with Crippen molar-refractivity contribution >= 4 is 21.7 Å². The fraction of sp³-hybridized carbons (Fsp3) is 0.476. The molecule has 3 heterocycles. The van der Waals surface area contributed by atoms with Gasteiger partial charge in [-0.25, -0.2) is 18.4 Å². The van der Waals surface area contributed by atoms with Gasteiger partial charge >= 0.3 is 0 Å². The molecule has 2 aliphatic heterocycles. The Labute approximate surface area is 182 Å². The molecular weight excluding hydrogens is 418 g/mol. The number of aromatic nitrogens is 2. The predicted octanol–water partition coefficient (Wildman–Crippen LogP) is 1.61. The fourth-order valence-electron chi connectivity index (χ4n) is 4.24. The second kappa shape index (κ2) is 8.43. The Morgan fingerprint density at radius 1 is 1.23 bits per heavy atom. The minimum atomic E-state index is -3.69. The molecule has 1 atom stereocenters. The molecule has 9 nitrogen and oxygen atoms in total. The monoisotopic (exact) mass is 445 g/mol. The van der Waals surface area contributed by atoms with E-state index in [1.165, 1.54) is 11.4 Å². The topological polar surface area (TPSA) is 105 Å². The number of carbonyl (C=O) groups excluding carboxylic acids is 1. The zero-order valence-corrected chi connectivity index (χ0v) is 18.8. The van der Waals surface area contributed by atoms with E-state index >= 15 is 0 Å². The summed E-state index contributed by atoms with van der Waals surface area (Å²) >= 11 is 0. The Hall–Kier alpha value is -2.72. The molecule has 2 aliphatic rings. The highest BCUT2D eigenvalue weighted by molar-refractivity contribution is 7.89. The second-order valence-electron chi connectivity index (χ2n) is 7.80. The molecule has 1 fully saturated rings. The van der Waals surface area contributed by atoms with Crippen molar-refractivity contribution in [1.29, 1.82) is 0 Å². The molecule has 31 heavy (non-hydrogen) atoms. The van der Waals surface area contributed by atoms with Gasteiger partial charge in [-0.15, -0.1) is 0 Å². The minimum Gasteiger partial charge on any atom is -0.495 e. The lowest BCUT2D eigenvalue weighted by molar-refractivity contribution is -0.129. The molecule has 1 aromatic carbocycles. The Kier molecular flexibility index (Phi) is 5.85. The molecule has 1 N–H and O–H groups in total. The highest BCUT2D eigenvalue weighted by Crippen LogP contribution is 2.34. The van der Waals surface area contributed by atoms with Crippen LogP contribution in [0, 0.1) is 0 Å². The first-order chi connectivity index (χ1) is 14.8. The number of rotatable bonds is 5. The number of ether oxygens (including phenoxy) is 1. The van der Waals surface area contributed by atoms with Crippen LogP contribution >= 0.6 is 0 Å². The number of carbonyl (C=O) groups is 1. The number of hydrogen-bond donors (Lipinski definition) is 1. The number of methoxy groups -OCH3 is 1. The number of fused-ring (bicyclic) bond motifs is 1. The van der Waals surface area contributed by atoms with Crippen molar-refractivity contribution in [1.82, 2.24) is 19.2 Å². The van der Waals surface area contributed by atoms with Crippen molar-refractivity contribution in [2.45, 2.75) is 37.1 Å². The van der Waals surface area contributed by atoms with Crippen LogP contribution in [0.3, 0.4) is 0 Å². The number of benzene rings is 1. The van der Waals surface area contributed by atoms with Crippen molar-refractivity contribution < 1.29 is 17.9 Å². The number of sulfonamides is 1. The van der Waals surface area contributed by atoms with Crippen molar-refractivity contribution in [2.24, 2.45) is 0 Å². The van der Waals surface area contributed by atoms with E-state index in [-0.39, 0.29) is 16.7 Å². The molecule has 1 saturated heterocycles. The van der Waals surface area contributed by atoms with Crippen LogP contribution < -0.4 is 10.1 Å². The largest absolute Gasteiger partial charge is 0.495 e. The van der Waals surface area contributed by atoms with E-state index in [9.17, 15) is 13.2 Å². The van der Waals surface area contributed by atoms with E-state index in [1.54, 1.807) is 36.1 Å². The standard InChI is InChI=1S/C21H27N5O4S/c1-14(27)25-10-9-16-17(13-25)23-20(24-21(16)22-2)15-8-11-26(12-15)31(28,29)19-7-5-4-6-18(19)30-3/h4-7,15H,8-13H2,1-3H3,(H,22,23,24)/t15-/m1/s1. The van der Waals surface area contributed by atoms with Gasteiger partial charge in [-0.1, -0.05) is 12.1 Å². The first kappa shape index (κ1) is 21.5. The molecule has 0 aliphatic carbocycles. The zero-order valence-electron chi connectivity index (χ0n) is 18.0. The van der Waals surface area contributed by atoms with Crippen molar-refractivity contribution in [3.63, 3.8) is 0 Å². The first-order valence-corrected chi connectivity index (χ1v) is 11.7. The number of para-hydroxylation sites is 1. The minimum absolute atomic E-state index is 0.0202. The van der Waals surface area contributed by atoms with E-state index in [0.29, 0.717) is 50.6 Å². The molecule has 4 rings (SSSR count). The summed E-state index contributed by atoms with van der Waals surface area (Å²) in [5.74, 6) is 1.61. The Bertz CT molecular complexity index is 1100. The van der Waals surface area contributed by atoms with Gasteiger partial charge < -0.3 is 15.0 Å². The molecule has 0 bridgehead atoms. The van der Waals surface area contributed by atoms with E-state index < -0.39 is 10.0 Å².